The minimum absolute atomic E-state index is 0.684. The van der Waals surface area contributed by atoms with Gasteiger partial charge in [0, 0.05) is 0 Å². The third kappa shape index (κ3) is 10.0. The molecule has 2 aromatic carbocycles. The molecule has 0 spiro atoms. The number of benzene rings is 2. The molecule has 0 aliphatic heterocycles. The van der Waals surface area contributed by atoms with E-state index in [4.69, 9.17) is 4.74 Å². The third-order valence-corrected chi connectivity index (χ3v) is 7.33. The van der Waals surface area contributed by atoms with Gasteiger partial charge in [-0.25, -0.2) is 0 Å². The van der Waals surface area contributed by atoms with E-state index in [1.807, 2.05) is 19.1 Å². The first-order valence-electron chi connectivity index (χ1n) is 13.8. The summed E-state index contributed by atoms with van der Waals surface area (Å²) in [6, 6.07) is 18.3. The van der Waals surface area contributed by atoms with Gasteiger partial charge < -0.3 is 4.74 Å². The Morgan fingerprint density at radius 3 is 1.91 bits per heavy atom. The van der Waals surface area contributed by atoms with E-state index in [0.717, 1.165) is 24.7 Å². The Hall–Kier alpha value is -2.12. The minimum atomic E-state index is 0.684. The van der Waals surface area contributed by atoms with Crippen LogP contribution in [0.1, 0.15) is 87.5 Å². The van der Waals surface area contributed by atoms with E-state index in [9.17, 15) is 0 Å². The van der Waals surface area contributed by atoms with E-state index < -0.39 is 0 Å². The van der Waals surface area contributed by atoms with Crippen LogP contribution in [0.2, 0.25) is 0 Å². The van der Waals surface area contributed by atoms with Crippen LogP contribution >= 0.6 is 0 Å². The first-order chi connectivity index (χ1) is 16.8. The third-order valence-electron chi connectivity index (χ3n) is 7.33. The maximum Gasteiger partial charge on any atom is 0.0721 e. The Morgan fingerprint density at radius 1 is 0.735 bits per heavy atom. The molecule has 2 aromatic rings. The minimum Gasteiger partial charge on any atom is -0.373 e. The molecule has 0 bridgehead atoms. The lowest BCUT2D eigenvalue weighted by molar-refractivity contribution is 0.148. The van der Waals surface area contributed by atoms with Crippen molar-refractivity contribution in [2.24, 2.45) is 11.8 Å². The molecule has 0 radical (unpaired) electrons. The Morgan fingerprint density at radius 2 is 1.32 bits per heavy atom. The average molecular weight is 459 g/mol. The van der Waals surface area contributed by atoms with Crippen LogP contribution in [0.15, 0.2) is 72.8 Å². The Labute approximate surface area is 209 Å². The second-order valence-corrected chi connectivity index (χ2v) is 10.1. The molecule has 1 nitrogen and oxygen atoms in total. The monoisotopic (exact) mass is 458 g/mol. The molecule has 0 aromatic heterocycles. The van der Waals surface area contributed by atoms with Crippen LogP contribution in [0.5, 0.6) is 0 Å². The van der Waals surface area contributed by atoms with Crippen LogP contribution in [0.3, 0.4) is 0 Å². The summed E-state index contributed by atoms with van der Waals surface area (Å²) < 4.78 is 5.63. The fraction of sp³-hybridized carbons (Fsp3) is 0.515. The smallest absolute Gasteiger partial charge is 0.0721 e. The lowest BCUT2D eigenvalue weighted by Gasteiger charge is -2.26. The molecule has 0 atom stereocenters. The lowest BCUT2D eigenvalue weighted by atomic mass is 9.79. The molecule has 0 saturated heterocycles. The predicted molar refractivity (Wildman–Crippen MR) is 147 cm³/mol. The zero-order chi connectivity index (χ0) is 23.8. The van der Waals surface area contributed by atoms with Gasteiger partial charge in [0.25, 0.3) is 0 Å². The number of rotatable bonds is 14. The van der Waals surface area contributed by atoms with Crippen molar-refractivity contribution >= 4 is 0 Å². The highest BCUT2D eigenvalue weighted by atomic mass is 16.5. The van der Waals surface area contributed by atoms with Gasteiger partial charge in [0.05, 0.1) is 13.2 Å². The van der Waals surface area contributed by atoms with Crippen LogP contribution in [0.4, 0.5) is 0 Å². The Bertz CT molecular complexity index is 835. The SMILES string of the molecule is C/C=C/COCc1ccc(CCc2ccc(CCCCC3CCC(/C=C/CC)CC3)cc2)cc1. The summed E-state index contributed by atoms with van der Waals surface area (Å²) >= 11 is 0. The van der Waals surface area contributed by atoms with Gasteiger partial charge in [-0.3, -0.25) is 0 Å². The highest BCUT2D eigenvalue weighted by Gasteiger charge is 2.18. The molecule has 0 N–H and O–H groups in total. The molecule has 34 heavy (non-hydrogen) atoms. The van der Waals surface area contributed by atoms with E-state index in [1.54, 1.807) is 0 Å². The molecule has 1 aliphatic carbocycles. The van der Waals surface area contributed by atoms with Gasteiger partial charge in [-0.2, -0.15) is 0 Å². The molecule has 0 heterocycles. The van der Waals surface area contributed by atoms with E-state index >= 15 is 0 Å². The number of hydrogen-bond donors (Lipinski definition) is 0. The number of ether oxygens (including phenoxy) is 1. The Kier molecular flexibility index (Phi) is 12.2. The molecular weight excluding hydrogens is 412 g/mol. The van der Waals surface area contributed by atoms with Crippen molar-refractivity contribution in [2.75, 3.05) is 6.61 Å². The van der Waals surface area contributed by atoms with Crippen LogP contribution in [0, 0.1) is 11.8 Å². The largest absolute Gasteiger partial charge is 0.373 e. The van der Waals surface area contributed by atoms with Gasteiger partial charge in [-0.1, -0.05) is 92.6 Å². The number of hydrogen-bond acceptors (Lipinski definition) is 1. The standard InChI is InChI=1S/C33H46O/c1-3-5-9-28-12-14-29(15-13-28)10-7-8-11-30-16-18-31(19-17-30)20-21-32-22-24-33(25-23-32)27-34-26-6-4-2/h4-6,9,16-19,22-25,28-29H,3,7-8,10-15,20-21,26-27H2,1-2H3/b6-4+,9-5+. The van der Waals surface area contributed by atoms with Gasteiger partial charge in [-0.05, 0) is 98.8 Å². The topological polar surface area (TPSA) is 9.23 Å². The fourth-order valence-corrected chi connectivity index (χ4v) is 5.06. The van der Waals surface area contributed by atoms with Crippen molar-refractivity contribution in [1.29, 1.82) is 0 Å². The number of allylic oxidation sites excluding steroid dienone is 3. The zero-order valence-electron chi connectivity index (χ0n) is 21.7. The lowest BCUT2D eigenvalue weighted by Crippen LogP contribution is -2.13. The molecule has 0 amide bonds. The van der Waals surface area contributed by atoms with Gasteiger partial charge in [0.15, 0.2) is 0 Å². The second kappa shape index (κ2) is 15.7. The van der Waals surface area contributed by atoms with Crippen LogP contribution in [-0.4, -0.2) is 6.61 Å². The van der Waals surface area contributed by atoms with Gasteiger partial charge in [0.2, 0.25) is 0 Å². The van der Waals surface area contributed by atoms with Crippen molar-refractivity contribution in [3.63, 3.8) is 0 Å². The molecule has 3 rings (SSSR count). The second-order valence-electron chi connectivity index (χ2n) is 10.1. The predicted octanol–water partition coefficient (Wildman–Crippen LogP) is 9.05. The molecule has 0 unspecified atom stereocenters. The molecule has 1 saturated carbocycles. The molecular formula is C33H46O. The Balaban J connectivity index is 1.29. The van der Waals surface area contributed by atoms with Crippen molar-refractivity contribution in [2.45, 2.75) is 91.1 Å². The van der Waals surface area contributed by atoms with Crippen molar-refractivity contribution < 1.29 is 4.74 Å². The fourth-order valence-electron chi connectivity index (χ4n) is 5.06. The number of aryl methyl sites for hydroxylation is 3. The average Bonchev–Trinajstić information content (AvgIpc) is 2.89. The van der Waals surface area contributed by atoms with Crippen molar-refractivity contribution in [3.05, 3.63) is 95.1 Å². The van der Waals surface area contributed by atoms with E-state index in [0.29, 0.717) is 13.2 Å². The van der Waals surface area contributed by atoms with Gasteiger partial charge in [0.1, 0.15) is 0 Å². The maximum absolute atomic E-state index is 5.63. The van der Waals surface area contributed by atoms with Gasteiger partial charge >= 0.3 is 0 Å². The summed E-state index contributed by atoms with van der Waals surface area (Å²) in [5.41, 5.74) is 5.59. The first kappa shape index (κ1) is 26.5. The quantitative estimate of drug-likeness (QED) is 0.203. The van der Waals surface area contributed by atoms with E-state index in [2.05, 4.69) is 67.6 Å². The first-order valence-corrected chi connectivity index (χ1v) is 13.8. The summed E-state index contributed by atoms with van der Waals surface area (Å²) in [7, 11) is 0. The highest BCUT2D eigenvalue weighted by Crippen LogP contribution is 2.32. The summed E-state index contributed by atoms with van der Waals surface area (Å²) in [4.78, 5) is 0. The van der Waals surface area contributed by atoms with Gasteiger partial charge in [-0.15, -0.1) is 0 Å². The van der Waals surface area contributed by atoms with Crippen LogP contribution in [0.25, 0.3) is 0 Å². The van der Waals surface area contributed by atoms with E-state index in [-0.39, 0.29) is 0 Å². The molecule has 184 valence electrons. The normalized spacial score (nSPS) is 18.8. The van der Waals surface area contributed by atoms with Crippen molar-refractivity contribution in [3.8, 4) is 0 Å². The summed E-state index contributed by atoms with van der Waals surface area (Å²) in [5.74, 6) is 1.84. The summed E-state index contributed by atoms with van der Waals surface area (Å²) in [6.07, 6.45) is 23.4. The van der Waals surface area contributed by atoms with Crippen LogP contribution < -0.4 is 0 Å². The molecule has 1 fully saturated rings. The van der Waals surface area contributed by atoms with E-state index in [1.165, 1.54) is 80.0 Å². The maximum atomic E-state index is 5.63. The summed E-state index contributed by atoms with van der Waals surface area (Å²) in [5, 5.41) is 0. The highest BCUT2D eigenvalue weighted by molar-refractivity contribution is 5.26. The summed E-state index contributed by atoms with van der Waals surface area (Å²) in [6.45, 7) is 5.63. The molecule has 1 heteroatoms. The molecule has 1 aliphatic rings. The van der Waals surface area contributed by atoms with Crippen molar-refractivity contribution in [1.82, 2.24) is 0 Å². The van der Waals surface area contributed by atoms with Crippen LogP contribution in [-0.2, 0) is 30.6 Å². The zero-order valence-corrected chi connectivity index (χ0v) is 21.7. The number of unbranched alkanes of at least 4 members (excludes halogenated alkanes) is 1.